The molecule has 2 heterocycles. The predicted molar refractivity (Wildman–Crippen MR) is 72.4 cm³/mol. The van der Waals surface area contributed by atoms with E-state index < -0.39 is 74.3 Å². The smallest absolute Gasteiger partial charge is 0.197 e. The van der Waals surface area contributed by atoms with Crippen LogP contribution in [0.2, 0.25) is 0 Å². The van der Waals surface area contributed by atoms with E-state index in [2.05, 4.69) is 0 Å². The Morgan fingerprint density at radius 1 is 0.917 bits per heavy atom. The van der Waals surface area contributed by atoms with Gasteiger partial charge in [-0.25, -0.2) is 0 Å². The summed E-state index contributed by atoms with van der Waals surface area (Å²) >= 11 is 0. The van der Waals surface area contributed by atoms with E-state index in [4.69, 9.17) is 24.1 Å². The largest absolute Gasteiger partial charge is 0.394 e. The van der Waals surface area contributed by atoms with Crippen molar-refractivity contribution >= 4 is 5.78 Å². The molecule has 0 radical (unpaired) electrons. The molecule has 2 aliphatic heterocycles. The van der Waals surface area contributed by atoms with Gasteiger partial charge in [-0.3, -0.25) is 4.79 Å². The fraction of sp³-hybridized carbons (Fsp3) is 0.923. The quantitative estimate of drug-likeness (QED) is 0.280. The number of carbonyl (C=O) groups is 1. The van der Waals surface area contributed by atoms with Crippen molar-refractivity contribution in [1.82, 2.24) is 0 Å². The molecule has 2 saturated heterocycles. The zero-order valence-corrected chi connectivity index (χ0v) is 12.8. The average Bonchev–Trinajstić information content (AvgIpc) is 2.59. The number of aliphatic hydroxyl groups is 6. The van der Waals surface area contributed by atoms with Crippen LogP contribution in [-0.4, -0.2) is 112 Å². The van der Waals surface area contributed by atoms with Gasteiger partial charge in [-0.05, 0) is 0 Å². The predicted octanol–water partition coefficient (Wildman–Crippen LogP) is -4.53. The van der Waals surface area contributed by atoms with E-state index in [0.717, 1.165) is 0 Å². The molecule has 24 heavy (non-hydrogen) atoms. The normalized spacial score (nSPS) is 47.0. The minimum absolute atomic E-state index is 0.614. The van der Waals surface area contributed by atoms with Gasteiger partial charge in [0.05, 0.1) is 13.2 Å². The number of methoxy groups -OCH3 is 1. The molecule has 0 spiro atoms. The number of hydrogen-bond donors (Lipinski definition) is 6. The second kappa shape index (κ2) is 8.10. The Kier molecular flexibility index (Phi) is 6.61. The van der Waals surface area contributed by atoms with Crippen molar-refractivity contribution in [3.05, 3.63) is 0 Å². The monoisotopic (exact) mass is 354 g/mol. The van der Waals surface area contributed by atoms with Crippen molar-refractivity contribution < 1.29 is 54.4 Å². The van der Waals surface area contributed by atoms with Crippen LogP contribution in [0.25, 0.3) is 0 Å². The van der Waals surface area contributed by atoms with Crippen LogP contribution in [0.15, 0.2) is 0 Å². The Bertz CT molecular complexity index is 430. The van der Waals surface area contributed by atoms with Crippen LogP contribution in [0.4, 0.5) is 0 Å². The number of ketones is 1. The summed E-state index contributed by atoms with van der Waals surface area (Å²) in [5.41, 5.74) is 0. The van der Waals surface area contributed by atoms with Crippen LogP contribution >= 0.6 is 0 Å². The number of rotatable bonds is 5. The molecule has 0 aliphatic carbocycles. The lowest BCUT2D eigenvalue weighted by atomic mass is 9.97. The van der Waals surface area contributed by atoms with E-state index in [1.54, 1.807) is 0 Å². The van der Waals surface area contributed by atoms with Gasteiger partial charge in [-0.2, -0.15) is 0 Å². The summed E-state index contributed by atoms with van der Waals surface area (Å²) in [6, 6.07) is 0. The summed E-state index contributed by atoms with van der Waals surface area (Å²) in [5, 5.41) is 57.9. The molecular formula is C13H22O11. The number of carbonyl (C=O) groups excluding carboxylic acids is 1. The number of ether oxygens (including phenoxy) is 4. The topological polar surface area (TPSA) is 175 Å². The highest BCUT2D eigenvalue weighted by atomic mass is 16.7. The molecule has 0 aromatic carbocycles. The summed E-state index contributed by atoms with van der Waals surface area (Å²) in [6.07, 6.45) is -13.4. The van der Waals surface area contributed by atoms with Crippen LogP contribution < -0.4 is 0 Å². The molecule has 2 fully saturated rings. The fourth-order valence-corrected chi connectivity index (χ4v) is 2.63. The molecule has 2 rings (SSSR count). The summed E-state index contributed by atoms with van der Waals surface area (Å²) < 4.78 is 20.5. The molecule has 0 aromatic rings. The lowest BCUT2D eigenvalue weighted by molar-refractivity contribution is -0.340. The van der Waals surface area contributed by atoms with Gasteiger partial charge >= 0.3 is 0 Å². The zero-order chi connectivity index (χ0) is 18.0. The van der Waals surface area contributed by atoms with Crippen LogP contribution in [0.5, 0.6) is 0 Å². The Morgan fingerprint density at radius 2 is 1.50 bits per heavy atom. The zero-order valence-electron chi connectivity index (χ0n) is 12.8. The average molecular weight is 354 g/mol. The highest BCUT2D eigenvalue weighted by Gasteiger charge is 2.50. The SMILES string of the molecule is CO[C@@H]1O[C@H](CO)[C@@H](O[C@@H]2O[C@H](CO)[C@@H](O)C(=O)[C@H]2O)[C@H](O)[C@H]1O. The summed E-state index contributed by atoms with van der Waals surface area (Å²) in [7, 11) is 1.23. The molecule has 11 heteroatoms. The molecule has 140 valence electrons. The molecule has 11 nitrogen and oxygen atoms in total. The van der Waals surface area contributed by atoms with Crippen molar-refractivity contribution in [2.45, 2.75) is 55.3 Å². The summed E-state index contributed by atoms with van der Waals surface area (Å²) in [4.78, 5) is 11.8. The van der Waals surface area contributed by atoms with E-state index in [0.29, 0.717) is 0 Å². The molecule has 6 N–H and O–H groups in total. The molecule has 0 amide bonds. The highest BCUT2D eigenvalue weighted by molar-refractivity contribution is 5.88. The molecule has 9 atom stereocenters. The van der Waals surface area contributed by atoms with Crippen LogP contribution in [0.3, 0.4) is 0 Å². The number of Topliss-reactive ketones (excluding diaryl/α,β-unsaturated/α-hetero) is 1. The molecule has 0 aromatic heterocycles. The van der Waals surface area contributed by atoms with Crippen LogP contribution in [-0.2, 0) is 23.7 Å². The van der Waals surface area contributed by atoms with Gasteiger partial charge in [0.25, 0.3) is 0 Å². The Morgan fingerprint density at radius 3 is 2.04 bits per heavy atom. The lowest BCUT2D eigenvalue weighted by Crippen LogP contribution is -2.63. The maximum Gasteiger partial charge on any atom is 0.197 e. The lowest BCUT2D eigenvalue weighted by Gasteiger charge is -2.44. The van der Waals surface area contributed by atoms with E-state index in [1.165, 1.54) is 7.11 Å². The third-order valence-corrected chi connectivity index (χ3v) is 4.03. The molecule has 2 aliphatic rings. The second-order valence-electron chi connectivity index (χ2n) is 5.56. The maximum atomic E-state index is 11.8. The molecule has 0 saturated carbocycles. The van der Waals surface area contributed by atoms with Gasteiger partial charge in [-0.1, -0.05) is 0 Å². The van der Waals surface area contributed by atoms with Gasteiger partial charge in [-0.15, -0.1) is 0 Å². The van der Waals surface area contributed by atoms with Crippen LogP contribution in [0, 0.1) is 0 Å². The first-order valence-corrected chi connectivity index (χ1v) is 7.32. The van der Waals surface area contributed by atoms with Gasteiger partial charge in [0.15, 0.2) is 24.5 Å². The van der Waals surface area contributed by atoms with Crippen LogP contribution in [0.1, 0.15) is 0 Å². The third kappa shape index (κ3) is 3.60. The Hall–Kier alpha value is -0.730. The Balaban J connectivity index is 2.13. The molecule has 0 unspecified atom stereocenters. The van der Waals surface area contributed by atoms with Gasteiger partial charge in [0, 0.05) is 7.11 Å². The standard InChI is InChI=1S/C13H22O11/c1-21-12-10(20)8(18)11(5(3-15)23-12)24-13-9(19)7(17)6(16)4(2-14)22-13/h4-6,8-16,18-20H,2-3H2,1H3/t4-,5-,6-,8-,9-,10-,11-,12-,13+/m1/s1. The van der Waals surface area contributed by atoms with Crippen molar-refractivity contribution in [3.8, 4) is 0 Å². The summed E-state index contributed by atoms with van der Waals surface area (Å²) in [5.74, 6) is -1.02. The number of aliphatic hydroxyl groups excluding tert-OH is 6. The number of hydrogen-bond acceptors (Lipinski definition) is 11. The molecule has 0 bridgehead atoms. The van der Waals surface area contributed by atoms with Gasteiger partial charge < -0.3 is 49.6 Å². The highest BCUT2D eigenvalue weighted by Crippen LogP contribution is 2.28. The third-order valence-electron chi connectivity index (χ3n) is 4.03. The minimum Gasteiger partial charge on any atom is -0.394 e. The van der Waals surface area contributed by atoms with E-state index >= 15 is 0 Å². The minimum atomic E-state index is -1.88. The maximum absolute atomic E-state index is 11.8. The first kappa shape index (κ1) is 19.6. The summed E-state index contributed by atoms with van der Waals surface area (Å²) in [6.45, 7) is -1.32. The van der Waals surface area contributed by atoms with E-state index in [9.17, 15) is 30.3 Å². The Labute approximate surface area is 136 Å². The van der Waals surface area contributed by atoms with E-state index in [-0.39, 0.29) is 0 Å². The first-order chi connectivity index (χ1) is 11.3. The molecular weight excluding hydrogens is 332 g/mol. The van der Waals surface area contributed by atoms with Crippen molar-refractivity contribution in [2.24, 2.45) is 0 Å². The van der Waals surface area contributed by atoms with Crippen molar-refractivity contribution in [2.75, 3.05) is 20.3 Å². The van der Waals surface area contributed by atoms with Crippen molar-refractivity contribution in [3.63, 3.8) is 0 Å². The van der Waals surface area contributed by atoms with E-state index in [1.807, 2.05) is 0 Å². The first-order valence-electron chi connectivity index (χ1n) is 7.32. The van der Waals surface area contributed by atoms with Gasteiger partial charge in [0.1, 0.15) is 36.6 Å². The second-order valence-corrected chi connectivity index (χ2v) is 5.56. The fourth-order valence-electron chi connectivity index (χ4n) is 2.63. The van der Waals surface area contributed by atoms with Gasteiger partial charge in [0.2, 0.25) is 0 Å². The van der Waals surface area contributed by atoms with Crippen molar-refractivity contribution in [1.29, 1.82) is 0 Å².